The minimum Gasteiger partial charge on any atom is -0.361 e. The molecule has 0 radical (unpaired) electrons. The van der Waals surface area contributed by atoms with Crippen LogP contribution in [0.4, 0.5) is 0 Å². The number of aromatic nitrogens is 1. The highest BCUT2D eigenvalue weighted by Crippen LogP contribution is 2.33. The number of nitrogens with two attached hydrogens (primary N) is 1. The average Bonchev–Trinajstić information content (AvgIpc) is 2.76. The van der Waals surface area contributed by atoms with Crippen molar-refractivity contribution in [2.45, 2.75) is 25.7 Å². The van der Waals surface area contributed by atoms with Crippen molar-refractivity contribution >= 4 is 0 Å². The van der Waals surface area contributed by atoms with Gasteiger partial charge in [0.2, 0.25) is 0 Å². The van der Waals surface area contributed by atoms with Gasteiger partial charge in [-0.1, -0.05) is 5.16 Å². The number of rotatable bonds is 4. The van der Waals surface area contributed by atoms with Gasteiger partial charge in [-0.05, 0) is 31.7 Å². The molecule has 0 aliphatic heterocycles. The summed E-state index contributed by atoms with van der Waals surface area (Å²) in [4.78, 5) is 0. The molecule has 1 aliphatic carbocycles. The first-order valence-electron chi connectivity index (χ1n) is 4.52. The number of hydrogen-bond acceptors (Lipinski definition) is 3. The Bertz CT molecular complexity index is 253. The lowest BCUT2D eigenvalue weighted by atomic mass is 10.1. The fraction of sp³-hybridized carbons (Fsp3) is 0.667. The summed E-state index contributed by atoms with van der Waals surface area (Å²) in [6, 6.07) is 0. The Balaban J connectivity index is 2.01. The molecule has 3 heteroatoms. The third kappa shape index (κ3) is 1.67. The Morgan fingerprint density at radius 1 is 1.58 bits per heavy atom. The van der Waals surface area contributed by atoms with Crippen LogP contribution in [0.1, 0.15) is 24.2 Å². The molecule has 1 saturated carbocycles. The molecule has 2 N–H and O–H groups in total. The van der Waals surface area contributed by atoms with E-state index in [0.29, 0.717) is 6.54 Å². The predicted molar refractivity (Wildman–Crippen MR) is 45.7 cm³/mol. The Hall–Kier alpha value is -0.830. The molecule has 1 fully saturated rings. The summed E-state index contributed by atoms with van der Waals surface area (Å²) in [5.74, 6) is 1.91. The van der Waals surface area contributed by atoms with E-state index in [2.05, 4.69) is 5.16 Å². The third-order valence-electron chi connectivity index (χ3n) is 2.31. The van der Waals surface area contributed by atoms with Gasteiger partial charge >= 0.3 is 0 Å². The van der Waals surface area contributed by atoms with Gasteiger partial charge in [0.15, 0.2) is 0 Å². The Kier molecular flexibility index (Phi) is 2.13. The fourth-order valence-corrected chi connectivity index (χ4v) is 1.40. The van der Waals surface area contributed by atoms with Crippen molar-refractivity contribution in [2.75, 3.05) is 6.54 Å². The van der Waals surface area contributed by atoms with Crippen LogP contribution >= 0.6 is 0 Å². The molecule has 1 aromatic rings. The topological polar surface area (TPSA) is 52.0 Å². The monoisotopic (exact) mass is 166 g/mol. The lowest BCUT2D eigenvalue weighted by Gasteiger charge is -1.96. The van der Waals surface area contributed by atoms with E-state index in [1.54, 1.807) is 6.20 Å². The van der Waals surface area contributed by atoms with Crippen LogP contribution < -0.4 is 5.73 Å². The Morgan fingerprint density at radius 3 is 3.08 bits per heavy atom. The molecule has 0 aromatic carbocycles. The maximum absolute atomic E-state index is 5.47. The van der Waals surface area contributed by atoms with Crippen LogP contribution in [0.25, 0.3) is 0 Å². The van der Waals surface area contributed by atoms with Crippen molar-refractivity contribution in [3.63, 3.8) is 0 Å². The first-order valence-corrected chi connectivity index (χ1v) is 4.52. The zero-order chi connectivity index (χ0) is 8.39. The van der Waals surface area contributed by atoms with Gasteiger partial charge in [0.25, 0.3) is 0 Å². The largest absolute Gasteiger partial charge is 0.361 e. The molecular formula is C9H14N2O. The normalized spacial score (nSPS) is 16.8. The minimum atomic E-state index is 0.679. The Labute approximate surface area is 71.9 Å². The molecule has 1 aliphatic rings. The van der Waals surface area contributed by atoms with Gasteiger partial charge in [0, 0.05) is 12.0 Å². The first kappa shape index (κ1) is 7.80. The van der Waals surface area contributed by atoms with E-state index < -0.39 is 0 Å². The van der Waals surface area contributed by atoms with Crippen molar-refractivity contribution in [3.8, 4) is 0 Å². The molecule has 12 heavy (non-hydrogen) atoms. The summed E-state index contributed by atoms with van der Waals surface area (Å²) >= 11 is 0. The maximum atomic E-state index is 5.47. The standard InChI is InChI=1S/C9H14N2O/c10-4-3-8-6-11-12-9(8)5-7-1-2-7/h6-7H,1-5,10H2. The van der Waals surface area contributed by atoms with Gasteiger partial charge in [0.05, 0.1) is 6.20 Å². The van der Waals surface area contributed by atoms with Gasteiger partial charge in [-0.25, -0.2) is 0 Å². The van der Waals surface area contributed by atoms with Gasteiger partial charge in [-0.2, -0.15) is 0 Å². The van der Waals surface area contributed by atoms with E-state index in [1.165, 1.54) is 18.4 Å². The van der Waals surface area contributed by atoms with Crippen molar-refractivity contribution in [3.05, 3.63) is 17.5 Å². The van der Waals surface area contributed by atoms with Gasteiger partial charge < -0.3 is 10.3 Å². The maximum Gasteiger partial charge on any atom is 0.140 e. The van der Waals surface area contributed by atoms with Crippen LogP contribution in [0, 0.1) is 5.92 Å². The Morgan fingerprint density at radius 2 is 2.42 bits per heavy atom. The SMILES string of the molecule is NCCc1cnoc1CC1CC1. The summed E-state index contributed by atoms with van der Waals surface area (Å²) in [6.07, 6.45) is 6.46. The van der Waals surface area contributed by atoms with E-state index in [9.17, 15) is 0 Å². The zero-order valence-electron chi connectivity index (χ0n) is 7.12. The van der Waals surface area contributed by atoms with Crippen LogP contribution in [0.3, 0.4) is 0 Å². The minimum absolute atomic E-state index is 0.679. The molecule has 0 spiro atoms. The second kappa shape index (κ2) is 3.27. The molecule has 0 saturated heterocycles. The van der Waals surface area contributed by atoms with E-state index >= 15 is 0 Å². The summed E-state index contributed by atoms with van der Waals surface area (Å²) in [5.41, 5.74) is 6.66. The van der Waals surface area contributed by atoms with Crippen LogP contribution in [-0.4, -0.2) is 11.7 Å². The van der Waals surface area contributed by atoms with Crippen LogP contribution in [0.2, 0.25) is 0 Å². The van der Waals surface area contributed by atoms with Crippen LogP contribution in [0.5, 0.6) is 0 Å². The van der Waals surface area contributed by atoms with Crippen molar-refractivity contribution in [1.29, 1.82) is 0 Å². The quantitative estimate of drug-likeness (QED) is 0.729. The van der Waals surface area contributed by atoms with Gasteiger partial charge in [0.1, 0.15) is 5.76 Å². The molecule has 66 valence electrons. The zero-order valence-corrected chi connectivity index (χ0v) is 7.12. The molecular weight excluding hydrogens is 152 g/mol. The lowest BCUT2D eigenvalue weighted by molar-refractivity contribution is 0.376. The van der Waals surface area contributed by atoms with Crippen molar-refractivity contribution < 1.29 is 4.52 Å². The van der Waals surface area contributed by atoms with E-state index in [-0.39, 0.29) is 0 Å². The summed E-state index contributed by atoms with van der Waals surface area (Å²) in [6.45, 7) is 0.679. The average molecular weight is 166 g/mol. The predicted octanol–water partition coefficient (Wildman–Crippen LogP) is 1.13. The molecule has 0 amide bonds. The van der Waals surface area contributed by atoms with Gasteiger partial charge in [-0.3, -0.25) is 0 Å². The summed E-state index contributed by atoms with van der Waals surface area (Å²) in [7, 11) is 0. The van der Waals surface area contributed by atoms with E-state index in [0.717, 1.165) is 24.5 Å². The highest BCUT2D eigenvalue weighted by molar-refractivity contribution is 5.15. The van der Waals surface area contributed by atoms with Crippen molar-refractivity contribution in [2.24, 2.45) is 11.7 Å². The molecule has 2 rings (SSSR count). The van der Waals surface area contributed by atoms with E-state index in [1.807, 2.05) is 0 Å². The molecule has 0 unspecified atom stereocenters. The van der Waals surface area contributed by atoms with Crippen molar-refractivity contribution in [1.82, 2.24) is 5.16 Å². The fourth-order valence-electron chi connectivity index (χ4n) is 1.40. The second-order valence-electron chi connectivity index (χ2n) is 3.46. The molecule has 1 aromatic heterocycles. The molecule has 0 bridgehead atoms. The number of hydrogen-bond donors (Lipinski definition) is 1. The second-order valence-corrected chi connectivity index (χ2v) is 3.46. The lowest BCUT2D eigenvalue weighted by Crippen LogP contribution is -2.03. The highest BCUT2D eigenvalue weighted by atomic mass is 16.5. The summed E-state index contributed by atoms with van der Waals surface area (Å²) in [5, 5.41) is 3.79. The molecule has 1 heterocycles. The van der Waals surface area contributed by atoms with Crippen LogP contribution in [-0.2, 0) is 12.8 Å². The van der Waals surface area contributed by atoms with Crippen LogP contribution in [0.15, 0.2) is 10.7 Å². The first-order chi connectivity index (χ1) is 5.90. The summed E-state index contributed by atoms with van der Waals surface area (Å²) < 4.78 is 5.16. The molecule has 3 nitrogen and oxygen atoms in total. The van der Waals surface area contributed by atoms with Gasteiger partial charge in [-0.15, -0.1) is 0 Å². The third-order valence-corrected chi connectivity index (χ3v) is 2.31. The highest BCUT2D eigenvalue weighted by Gasteiger charge is 2.24. The van der Waals surface area contributed by atoms with E-state index in [4.69, 9.17) is 10.3 Å². The molecule has 0 atom stereocenters. The smallest absolute Gasteiger partial charge is 0.140 e. The number of nitrogens with zero attached hydrogens (tertiary/aromatic N) is 1.